The number of imidazole rings is 1. The Hall–Kier alpha value is -1.52. The fraction of sp³-hybridized carbons (Fsp3) is 0.333. The van der Waals surface area contributed by atoms with Crippen LogP contribution in [0.3, 0.4) is 0 Å². The fourth-order valence-electron chi connectivity index (χ4n) is 0.795. The highest BCUT2D eigenvalue weighted by Crippen LogP contribution is 2.05. The number of urea groups is 1. The van der Waals surface area contributed by atoms with E-state index in [0.717, 1.165) is 5.69 Å². The number of nitrogens with one attached hydrogen (secondary N) is 2. The van der Waals surface area contributed by atoms with E-state index in [1.54, 1.807) is 12.5 Å². The molecular weight excluding hydrogens is 144 g/mol. The zero-order chi connectivity index (χ0) is 8.27. The van der Waals surface area contributed by atoms with Crippen LogP contribution in [0.2, 0.25) is 0 Å². The first-order valence-corrected chi connectivity index (χ1v) is 3.24. The van der Waals surface area contributed by atoms with Gasteiger partial charge in [0.2, 0.25) is 0 Å². The smallest absolute Gasteiger partial charge is 0.312 e. The lowest BCUT2D eigenvalue weighted by molar-refractivity contribution is 0.246. The lowest BCUT2D eigenvalue weighted by Crippen LogP contribution is -2.31. The molecule has 1 unspecified atom stereocenters. The molecule has 4 N–H and O–H groups in total. The number of rotatable bonds is 2. The number of nitrogens with zero attached hydrogens (tertiary/aromatic N) is 1. The van der Waals surface area contributed by atoms with E-state index in [2.05, 4.69) is 15.3 Å². The minimum Gasteiger partial charge on any atom is -0.352 e. The third-order valence-electron chi connectivity index (χ3n) is 1.34. The van der Waals surface area contributed by atoms with Crippen molar-refractivity contribution in [3.8, 4) is 0 Å². The van der Waals surface area contributed by atoms with Crippen molar-refractivity contribution in [1.29, 1.82) is 0 Å². The molecule has 11 heavy (non-hydrogen) atoms. The summed E-state index contributed by atoms with van der Waals surface area (Å²) >= 11 is 0. The maximum Gasteiger partial charge on any atom is 0.312 e. The van der Waals surface area contributed by atoms with Gasteiger partial charge in [0.25, 0.3) is 0 Å². The third-order valence-corrected chi connectivity index (χ3v) is 1.34. The van der Waals surface area contributed by atoms with Crippen molar-refractivity contribution in [2.45, 2.75) is 13.0 Å². The van der Waals surface area contributed by atoms with E-state index in [1.807, 2.05) is 6.92 Å². The Morgan fingerprint density at radius 3 is 3.09 bits per heavy atom. The lowest BCUT2D eigenvalue weighted by atomic mass is 10.3. The van der Waals surface area contributed by atoms with E-state index in [9.17, 15) is 4.79 Å². The van der Waals surface area contributed by atoms with Gasteiger partial charge >= 0.3 is 6.03 Å². The first-order chi connectivity index (χ1) is 5.20. The Balaban J connectivity index is 2.56. The van der Waals surface area contributed by atoms with Crippen molar-refractivity contribution in [1.82, 2.24) is 15.3 Å². The molecule has 1 aromatic heterocycles. The van der Waals surface area contributed by atoms with E-state index in [4.69, 9.17) is 5.73 Å². The summed E-state index contributed by atoms with van der Waals surface area (Å²) in [6.07, 6.45) is 3.19. The molecule has 1 atom stereocenters. The van der Waals surface area contributed by atoms with Crippen LogP contribution >= 0.6 is 0 Å². The van der Waals surface area contributed by atoms with Crippen molar-refractivity contribution >= 4 is 6.03 Å². The molecule has 0 saturated heterocycles. The molecule has 0 bridgehead atoms. The Labute approximate surface area is 64.0 Å². The molecule has 0 aliphatic rings. The monoisotopic (exact) mass is 154 g/mol. The molecule has 60 valence electrons. The van der Waals surface area contributed by atoms with Crippen LogP contribution in [0.5, 0.6) is 0 Å². The van der Waals surface area contributed by atoms with Crippen LogP contribution in [-0.4, -0.2) is 16.0 Å². The second-order valence-electron chi connectivity index (χ2n) is 2.24. The zero-order valence-electron chi connectivity index (χ0n) is 6.16. The summed E-state index contributed by atoms with van der Waals surface area (Å²) in [5.41, 5.74) is 5.75. The van der Waals surface area contributed by atoms with Crippen molar-refractivity contribution < 1.29 is 4.79 Å². The zero-order valence-corrected chi connectivity index (χ0v) is 6.16. The first kappa shape index (κ1) is 7.59. The summed E-state index contributed by atoms with van der Waals surface area (Å²) in [6, 6.07) is -0.651. The van der Waals surface area contributed by atoms with Gasteiger partial charge in [0.1, 0.15) is 0 Å². The summed E-state index contributed by atoms with van der Waals surface area (Å²) in [4.78, 5) is 17.0. The summed E-state index contributed by atoms with van der Waals surface area (Å²) in [5, 5.41) is 2.51. The van der Waals surface area contributed by atoms with Gasteiger partial charge in [-0.2, -0.15) is 0 Å². The largest absolute Gasteiger partial charge is 0.352 e. The maximum absolute atomic E-state index is 10.4. The molecule has 0 fully saturated rings. The predicted molar refractivity (Wildman–Crippen MR) is 39.7 cm³/mol. The number of nitrogens with two attached hydrogens (primary N) is 1. The number of carbonyl (C=O) groups excluding carboxylic acids is 1. The number of hydrogen-bond donors (Lipinski definition) is 3. The number of aromatic amines is 1. The van der Waals surface area contributed by atoms with Crippen molar-refractivity contribution in [3.63, 3.8) is 0 Å². The average Bonchev–Trinajstić information content (AvgIpc) is 2.35. The summed E-state index contributed by atoms with van der Waals surface area (Å²) in [7, 11) is 0. The van der Waals surface area contributed by atoms with Crippen LogP contribution in [0.1, 0.15) is 18.7 Å². The quantitative estimate of drug-likeness (QED) is 0.566. The molecule has 1 rings (SSSR count). The number of hydrogen-bond acceptors (Lipinski definition) is 2. The molecule has 0 aliphatic carbocycles. The van der Waals surface area contributed by atoms with Crippen LogP contribution in [0.4, 0.5) is 4.79 Å². The van der Waals surface area contributed by atoms with Gasteiger partial charge in [0.15, 0.2) is 0 Å². The van der Waals surface area contributed by atoms with Crippen LogP contribution in [0.15, 0.2) is 12.5 Å². The third kappa shape index (κ3) is 1.96. The molecule has 0 radical (unpaired) electrons. The van der Waals surface area contributed by atoms with E-state index >= 15 is 0 Å². The number of aromatic nitrogens is 2. The highest BCUT2D eigenvalue weighted by Gasteiger charge is 2.06. The minimum atomic E-state index is -0.535. The molecule has 5 nitrogen and oxygen atoms in total. The molecular formula is C6H10N4O. The van der Waals surface area contributed by atoms with E-state index in [1.165, 1.54) is 0 Å². The van der Waals surface area contributed by atoms with E-state index in [-0.39, 0.29) is 6.04 Å². The minimum absolute atomic E-state index is 0.116. The van der Waals surface area contributed by atoms with Gasteiger partial charge in [0.05, 0.1) is 24.3 Å². The van der Waals surface area contributed by atoms with E-state index < -0.39 is 6.03 Å². The Morgan fingerprint density at radius 2 is 2.64 bits per heavy atom. The Morgan fingerprint density at radius 1 is 1.91 bits per heavy atom. The molecule has 2 amide bonds. The molecule has 0 aliphatic heterocycles. The molecule has 0 spiro atoms. The molecule has 1 heterocycles. The summed E-state index contributed by atoms with van der Waals surface area (Å²) < 4.78 is 0. The molecule has 5 heteroatoms. The summed E-state index contributed by atoms with van der Waals surface area (Å²) in [6.45, 7) is 1.82. The fourth-order valence-corrected chi connectivity index (χ4v) is 0.795. The normalized spacial score (nSPS) is 12.5. The first-order valence-electron chi connectivity index (χ1n) is 3.24. The highest BCUT2D eigenvalue weighted by molar-refractivity contribution is 5.72. The Bertz CT molecular complexity index is 231. The number of carbonyl (C=O) groups is 1. The second-order valence-corrected chi connectivity index (χ2v) is 2.24. The second kappa shape index (κ2) is 3.05. The number of amides is 2. The average molecular weight is 154 g/mol. The van der Waals surface area contributed by atoms with Crippen LogP contribution in [0, 0.1) is 0 Å². The van der Waals surface area contributed by atoms with Crippen molar-refractivity contribution in [2.75, 3.05) is 0 Å². The topological polar surface area (TPSA) is 83.8 Å². The Kier molecular flexibility index (Phi) is 2.10. The van der Waals surface area contributed by atoms with Gasteiger partial charge in [-0.1, -0.05) is 0 Å². The molecule has 1 aromatic rings. The van der Waals surface area contributed by atoms with Crippen LogP contribution in [-0.2, 0) is 0 Å². The number of H-pyrrole nitrogens is 1. The van der Waals surface area contributed by atoms with Crippen LogP contribution < -0.4 is 11.1 Å². The van der Waals surface area contributed by atoms with Gasteiger partial charge in [-0.3, -0.25) is 0 Å². The van der Waals surface area contributed by atoms with Gasteiger partial charge < -0.3 is 16.0 Å². The van der Waals surface area contributed by atoms with Crippen molar-refractivity contribution in [3.05, 3.63) is 18.2 Å². The summed E-state index contributed by atoms with van der Waals surface area (Å²) in [5.74, 6) is 0. The molecule has 0 saturated carbocycles. The van der Waals surface area contributed by atoms with E-state index in [0.29, 0.717) is 0 Å². The lowest BCUT2D eigenvalue weighted by Gasteiger charge is -2.08. The van der Waals surface area contributed by atoms with Gasteiger partial charge in [-0.05, 0) is 6.92 Å². The van der Waals surface area contributed by atoms with Crippen molar-refractivity contribution in [2.24, 2.45) is 5.73 Å². The standard InChI is InChI=1S/C6H10N4O/c1-4(10-6(7)11)5-2-8-3-9-5/h2-4H,1H3,(H,8,9)(H3,7,10,11). The maximum atomic E-state index is 10.4. The SMILES string of the molecule is CC(NC(N)=O)c1cnc[nH]1. The predicted octanol–water partition coefficient (Wildman–Crippen LogP) is 0.139. The number of primary amides is 1. The van der Waals surface area contributed by atoms with Gasteiger partial charge in [-0.25, -0.2) is 9.78 Å². The van der Waals surface area contributed by atoms with Gasteiger partial charge in [-0.15, -0.1) is 0 Å². The highest BCUT2D eigenvalue weighted by atomic mass is 16.2. The molecule has 0 aromatic carbocycles. The van der Waals surface area contributed by atoms with Gasteiger partial charge in [0, 0.05) is 0 Å². The van der Waals surface area contributed by atoms with Crippen LogP contribution in [0.25, 0.3) is 0 Å².